The van der Waals surface area contributed by atoms with Crippen LogP contribution < -0.4 is 5.32 Å². The van der Waals surface area contributed by atoms with Crippen molar-refractivity contribution >= 4 is 39.1 Å². The molecule has 4 rings (SSSR count). The second kappa shape index (κ2) is 7.39. The van der Waals surface area contributed by atoms with Crippen molar-refractivity contribution in [3.05, 3.63) is 51.5 Å². The van der Waals surface area contributed by atoms with Gasteiger partial charge in [-0.2, -0.15) is 5.10 Å². The summed E-state index contributed by atoms with van der Waals surface area (Å²) >= 11 is 7.74. The van der Waals surface area contributed by atoms with Crippen LogP contribution in [-0.2, 0) is 11.3 Å². The van der Waals surface area contributed by atoms with Gasteiger partial charge >= 0.3 is 0 Å². The Bertz CT molecular complexity index is 944. The lowest BCUT2D eigenvalue weighted by Gasteiger charge is -2.09. The van der Waals surface area contributed by atoms with Crippen LogP contribution in [0.1, 0.15) is 33.8 Å². The minimum Gasteiger partial charge on any atom is -0.376 e. The van der Waals surface area contributed by atoms with Gasteiger partial charge in [-0.3, -0.25) is 9.48 Å². The molecule has 1 amide bonds. The van der Waals surface area contributed by atoms with E-state index in [1.165, 1.54) is 11.3 Å². The summed E-state index contributed by atoms with van der Waals surface area (Å²) in [6.45, 7) is 3.91. The van der Waals surface area contributed by atoms with Crippen LogP contribution in [0, 0.1) is 6.92 Å². The molecule has 0 aliphatic carbocycles. The molecule has 0 spiro atoms. The first-order chi connectivity index (χ1) is 12.6. The number of hydrogen-bond donors (Lipinski definition) is 1. The molecule has 1 atom stereocenters. The van der Waals surface area contributed by atoms with Crippen LogP contribution in [-0.4, -0.2) is 34.9 Å². The number of carbonyl (C=O) groups is 1. The van der Waals surface area contributed by atoms with E-state index in [-0.39, 0.29) is 12.0 Å². The van der Waals surface area contributed by atoms with Crippen LogP contribution in [0.2, 0.25) is 5.02 Å². The number of hydrogen-bond acceptors (Lipinski definition) is 4. The SMILES string of the molecule is Cc1nn(Cc2ccccc2Cl)c2sc(C(=O)NCC3CCCO3)cc12. The highest BCUT2D eigenvalue weighted by molar-refractivity contribution is 7.20. The van der Waals surface area contributed by atoms with Crippen LogP contribution in [0.25, 0.3) is 10.2 Å². The number of thiophene rings is 1. The average Bonchev–Trinajstić information content (AvgIpc) is 3.35. The smallest absolute Gasteiger partial charge is 0.261 e. The number of nitrogens with one attached hydrogen (secondary N) is 1. The Morgan fingerprint density at radius 3 is 3.08 bits per heavy atom. The zero-order chi connectivity index (χ0) is 18.1. The molecule has 0 bridgehead atoms. The van der Waals surface area contributed by atoms with Gasteiger partial charge in [0.05, 0.1) is 23.2 Å². The second-order valence-electron chi connectivity index (χ2n) is 6.51. The number of aryl methyl sites for hydroxylation is 1. The monoisotopic (exact) mass is 389 g/mol. The molecule has 26 heavy (non-hydrogen) atoms. The summed E-state index contributed by atoms with van der Waals surface area (Å²) in [5.41, 5.74) is 1.93. The fourth-order valence-electron chi connectivity index (χ4n) is 3.22. The molecule has 1 N–H and O–H groups in total. The quantitative estimate of drug-likeness (QED) is 0.717. The molecule has 1 aliphatic rings. The van der Waals surface area contributed by atoms with Gasteiger partial charge in [0.1, 0.15) is 4.83 Å². The predicted molar refractivity (Wildman–Crippen MR) is 104 cm³/mol. The van der Waals surface area contributed by atoms with Crippen LogP contribution >= 0.6 is 22.9 Å². The summed E-state index contributed by atoms with van der Waals surface area (Å²) in [7, 11) is 0. The highest BCUT2D eigenvalue weighted by Crippen LogP contribution is 2.29. The van der Waals surface area contributed by atoms with Crippen molar-refractivity contribution in [1.82, 2.24) is 15.1 Å². The summed E-state index contributed by atoms with van der Waals surface area (Å²) in [5.74, 6) is -0.0506. The molecular formula is C19H20ClN3O2S. The molecule has 3 aromatic rings. The largest absolute Gasteiger partial charge is 0.376 e. The molecule has 2 aromatic heterocycles. The molecule has 1 saturated heterocycles. The Hall–Kier alpha value is -1.89. The minimum absolute atomic E-state index is 0.0506. The topological polar surface area (TPSA) is 56.2 Å². The first-order valence-corrected chi connectivity index (χ1v) is 9.91. The molecule has 0 saturated carbocycles. The molecule has 136 valence electrons. The molecule has 0 radical (unpaired) electrons. The fourth-order valence-corrected chi connectivity index (χ4v) is 4.49. The maximum atomic E-state index is 12.5. The van der Waals surface area contributed by atoms with Crippen LogP contribution in [0.3, 0.4) is 0 Å². The highest BCUT2D eigenvalue weighted by Gasteiger charge is 2.19. The highest BCUT2D eigenvalue weighted by atomic mass is 35.5. The summed E-state index contributed by atoms with van der Waals surface area (Å²) in [4.78, 5) is 14.2. The Morgan fingerprint density at radius 1 is 1.46 bits per heavy atom. The van der Waals surface area contributed by atoms with E-state index in [1.54, 1.807) is 0 Å². The number of benzene rings is 1. The summed E-state index contributed by atoms with van der Waals surface area (Å²) in [6, 6.07) is 9.68. The fraction of sp³-hybridized carbons (Fsp3) is 0.368. The third kappa shape index (κ3) is 3.49. The number of nitrogens with zero attached hydrogens (tertiary/aromatic N) is 2. The van der Waals surface area contributed by atoms with E-state index in [4.69, 9.17) is 16.3 Å². The molecule has 1 unspecified atom stereocenters. The molecule has 1 aliphatic heterocycles. The van der Waals surface area contributed by atoms with Gasteiger partial charge in [0.15, 0.2) is 0 Å². The van der Waals surface area contributed by atoms with E-state index in [9.17, 15) is 4.79 Å². The van der Waals surface area contributed by atoms with E-state index in [0.29, 0.717) is 18.0 Å². The second-order valence-corrected chi connectivity index (χ2v) is 7.95. The predicted octanol–water partition coefficient (Wildman–Crippen LogP) is 4.02. The summed E-state index contributed by atoms with van der Waals surface area (Å²) in [5, 5.41) is 9.34. The lowest BCUT2D eigenvalue weighted by Crippen LogP contribution is -2.31. The van der Waals surface area contributed by atoms with E-state index < -0.39 is 0 Å². The van der Waals surface area contributed by atoms with Gasteiger partial charge in [-0.05, 0) is 37.5 Å². The van der Waals surface area contributed by atoms with Crippen LogP contribution in [0.5, 0.6) is 0 Å². The van der Waals surface area contributed by atoms with Crippen molar-refractivity contribution in [3.8, 4) is 0 Å². The Labute approximate surface area is 160 Å². The first kappa shape index (κ1) is 17.5. The van der Waals surface area contributed by atoms with E-state index in [0.717, 1.165) is 45.9 Å². The zero-order valence-corrected chi connectivity index (χ0v) is 16.1. The van der Waals surface area contributed by atoms with Gasteiger partial charge in [-0.25, -0.2) is 0 Å². The normalized spacial score (nSPS) is 17.1. The average molecular weight is 390 g/mol. The van der Waals surface area contributed by atoms with Gasteiger partial charge in [-0.1, -0.05) is 29.8 Å². The van der Waals surface area contributed by atoms with E-state index in [1.807, 2.05) is 41.9 Å². The number of rotatable bonds is 5. The van der Waals surface area contributed by atoms with Crippen molar-refractivity contribution in [1.29, 1.82) is 0 Å². The maximum Gasteiger partial charge on any atom is 0.261 e. The van der Waals surface area contributed by atoms with Crippen molar-refractivity contribution in [2.75, 3.05) is 13.2 Å². The number of fused-ring (bicyclic) bond motifs is 1. The van der Waals surface area contributed by atoms with E-state index >= 15 is 0 Å². The zero-order valence-electron chi connectivity index (χ0n) is 14.5. The van der Waals surface area contributed by atoms with Gasteiger partial charge in [0.25, 0.3) is 5.91 Å². The number of halogens is 1. The van der Waals surface area contributed by atoms with Gasteiger partial charge < -0.3 is 10.1 Å². The molecule has 1 aromatic carbocycles. The molecule has 5 nitrogen and oxygen atoms in total. The number of ether oxygens (including phenoxy) is 1. The summed E-state index contributed by atoms with van der Waals surface area (Å²) < 4.78 is 7.49. The third-order valence-electron chi connectivity index (χ3n) is 4.62. The van der Waals surface area contributed by atoms with Gasteiger partial charge in [0, 0.05) is 23.6 Å². The van der Waals surface area contributed by atoms with Gasteiger partial charge in [-0.15, -0.1) is 11.3 Å². The van der Waals surface area contributed by atoms with Crippen molar-refractivity contribution in [2.45, 2.75) is 32.4 Å². The maximum absolute atomic E-state index is 12.5. The number of aromatic nitrogens is 2. The molecular weight excluding hydrogens is 370 g/mol. The Kier molecular flexibility index (Phi) is 4.98. The molecule has 7 heteroatoms. The standard InChI is InChI=1S/C19H20ClN3O2S/c1-12-15-9-17(18(24)21-10-14-6-4-8-25-14)26-19(15)23(22-12)11-13-5-2-3-7-16(13)20/h2-3,5,7,9,14H,4,6,8,10-11H2,1H3,(H,21,24). The lowest BCUT2D eigenvalue weighted by molar-refractivity contribution is 0.0861. The third-order valence-corrected chi connectivity index (χ3v) is 6.14. The number of carbonyl (C=O) groups excluding carboxylic acids is 1. The van der Waals surface area contributed by atoms with Gasteiger partial charge in [0.2, 0.25) is 0 Å². The van der Waals surface area contributed by atoms with Crippen molar-refractivity contribution < 1.29 is 9.53 Å². The summed E-state index contributed by atoms with van der Waals surface area (Å²) in [6.07, 6.45) is 2.23. The van der Waals surface area contributed by atoms with Crippen LogP contribution in [0.4, 0.5) is 0 Å². The lowest BCUT2D eigenvalue weighted by atomic mass is 10.2. The minimum atomic E-state index is -0.0506. The molecule has 1 fully saturated rings. The molecule has 3 heterocycles. The number of amides is 1. The first-order valence-electron chi connectivity index (χ1n) is 8.72. The Morgan fingerprint density at radius 2 is 2.31 bits per heavy atom. The van der Waals surface area contributed by atoms with Crippen molar-refractivity contribution in [2.24, 2.45) is 0 Å². The van der Waals surface area contributed by atoms with Crippen molar-refractivity contribution in [3.63, 3.8) is 0 Å². The van der Waals surface area contributed by atoms with Crippen LogP contribution in [0.15, 0.2) is 30.3 Å². The van der Waals surface area contributed by atoms with E-state index in [2.05, 4.69) is 10.4 Å². The Balaban J connectivity index is 1.55.